The van der Waals surface area contributed by atoms with Crippen molar-refractivity contribution < 1.29 is 9.90 Å². The smallest absolute Gasteiger partial charge is 0.319 e. The van der Waals surface area contributed by atoms with Crippen LogP contribution in [-0.4, -0.2) is 23.8 Å². The van der Waals surface area contributed by atoms with E-state index in [9.17, 15) is 9.90 Å². The quantitative estimate of drug-likeness (QED) is 0.811. The molecule has 110 valence electrons. The zero-order valence-electron chi connectivity index (χ0n) is 11.9. The van der Waals surface area contributed by atoms with Crippen LogP contribution < -0.4 is 10.6 Å². The van der Waals surface area contributed by atoms with E-state index in [1.165, 1.54) is 0 Å². The number of fused-ring (bicyclic) bond motifs is 1. The lowest BCUT2D eigenvalue weighted by Crippen LogP contribution is -2.41. The van der Waals surface area contributed by atoms with Gasteiger partial charge < -0.3 is 15.7 Å². The molecule has 2 unspecified atom stereocenters. The third kappa shape index (κ3) is 3.00. The van der Waals surface area contributed by atoms with E-state index in [-0.39, 0.29) is 24.6 Å². The van der Waals surface area contributed by atoms with E-state index in [4.69, 9.17) is 0 Å². The van der Waals surface area contributed by atoms with Crippen LogP contribution in [0.4, 0.5) is 10.5 Å². The molecular formula is C17H20N2O2. The van der Waals surface area contributed by atoms with Crippen molar-refractivity contribution in [3.63, 3.8) is 0 Å². The van der Waals surface area contributed by atoms with E-state index < -0.39 is 0 Å². The van der Waals surface area contributed by atoms with E-state index in [1.807, 2.05) is 42.5 Å². The van der Waals surface area contributed by atoms with Crippen LogP contribution in [0.1, 0.15) is 19.3 Å². The van der Waals surface area contributed by atoms with E-state index >= 15 is 0 Å². The number of hydrogen-bond donors (Lipinski definition) is 3. The highest BCUT2D eigenvalue weighted by Crippen LogP contribution is 2.26. The first-order valence-electron chi connectivity index (χ1n) is 7.44. The Bertz CT molecular complexity index is 636. The fraction of sp³-hybridized carbons (Fsp3) is 0.353. The summed E-state index contributed by atoms with van der Waals surface area (Å²) in [4.78, 5) is 12.2. The van der Waals surface area contributed by atoms with Crippen LogP contribution in [0.25, 0.3) is 10.8 Å². The number of amides is 2. The number of carbonyl (C=O) groups excluding carboxylic acids is 1. The average Bonchev–Trinajstić information content (AvgIpc) is 2.94. The number of benzene rings is 2. The minimum absolute atomic E-state index is 0.0741. The second kappa shape index (κ2) is 6.14. The van der Waals surface area contributed by atoms with E-state index in [0.717, 1.165) is 35.7 Å². The van der Waals surface area contributed by atoms with Crippen LogP contribution in [0.15, 0.2) is 42.5 Å². The van der Waals surface area contributed by atoms with Gasteiger partial charge in [0.1, 0.15) is 0 Å². The summed E-state index contributed by atoms with van der Waals surface area (Å²) in [6, 6.07) is 13.7. The summed E-state index contributed by atoms with van der Waals surface area (Å²) in [6.07, 6.45) is 2.98. The molecule has 2 aromatic rings. The minimum Gasteiger partial charge on any atom is -0.396 e. The molecule has 1 aliphatic carbocycles. The van der Waals surface area contributed by atoms with Gasteiger partial charge in [-0.2, -0.15) is 0 Å². The molecule has 0 radical (unpaired) electrons. The van der Waals surface area contributed by atoms with Crippen molar-refractivity contribution in [2.45, 2.75) is 25.3 Å². The Hall–Kier alpha value is -2.07. The van der Waals surface area contributed by atoms with E-state index in [0.29, 0.717) is 0 Å². The predicted molar refractivity (Wildman–Crippen MR) is 84.3 cm³/mol. The fourth-order valence-corrected chi connectivity index (χ4v) is 3.11. The van der Waals surface area contributed by atoms with Gasteiger partial charge in [0.15, 0.2) is 0 Å². The maximum absolute atomic E-state index is 12.2. The molecule has 0 saturated heterocycles. The first-order chi connectivity index (χ1) is 10.3. The highest BCUT2D eigenvalue weighted by molar-refractivity contribution is 6.01. The van der Waals surface area contributed by atoms with Gasteiger partial charge in [-0.05, 0) is 24.3 Å². The Labute approximate surface area is 124 Å². The van der Waals surface area contributed by atoms with Crippen molar-refractivity contribution in [3.8, 4) is 0 Å². The number of rotatable bonds is 3. The molecule has 4 nitrogen and oxygen atoms in total. The number of aliphatic hydroxyl groups excluding tert-OH is 1. The van der Waals surface area contributed by atoms with Crippen LogP contribution in [0.2, 0.25) is 0 Å². The summed E-state index contributed by atoms with van der Waals surface area (Å²) in [6.45, 7) is 0.138. The minimum atomic E-state index is -0.197. The first-order valence-corrected chi connectivity index (χ1v) is 7.44. The number of nitrogens with one attached hydrogen (secondary N) is 2. The van der Waals surface area contributed by atoms with Crippen molar-refractivity contribution in [3.05, 3.63) is 42.5 Å². The molecule has 0 aliphatic heterocycles. The number of aliphatic hydroxyl groups is 1. The molecule has 1 aliphatic rings. The molecule has 3 rings (SSSR count). The van der Waals surface area contributed by atoms with Crippen molar-refractivity contribution in [1.29, 1.82) is 0 Å². The molecule has 0 bridgehead atoms. The lowest BCUT2D eigenvalue weighted by Gasteiger charge is -2.19. The molecule has 0 spiro atoms. The molecule has 3 N–H and O–H groups in total. The molecule has 4 heteroatoms. The maximum atomic E-state index is 12.2. The Morgan fingerprint density at radius 3 is 2.81 bits per heavy atom. The summed E-state index contributed by atoms with van der Waals surface area (Å²) in [5, 5.41) is 17.3. The zero-order chi connectivity index (χ0) is 14.7. The van der Waals surface area contributed by atoms with Gasteiger partial charge in [0.2, 0.25) is 0 Å². The molecule has 2 aromatic carbocycles. The highest BCUT2D eigenvalue weighted by atomic mass is 16.3. The van der Waals surface area contributed by atoms with Crippen molar-refractivity contribution >= 4 is 22.5 Å². The standard InChI is InChI=1S/C17H20N2O2/c20-11-13-7-4-9-15(13)18-17(21)19-16-10-3-6-12-5-1-2-8-14(12)16/h1-3,5-6,8,10,13,15,20H,4,7,9,11H2,(H2,18,19,21). The highest BCUT2D eigenvalue weighted by Gasteiger charge is 2.27. The largest absolute Gasteiger partial charge is 0.396 e. The summed E-state index contributed by atoms with van der Waals surface area (Å²) in [5.41, 5.74) is 0.809. The third-order valence-electron chi connectivity index (χ3n) is 4.25. The third-order valence-corrected chi connectivity index (χ3v) is 4.25. The van der Waals surface area contributed by atoms with Gasteiger partial charge in [-0.3, -0.25) is 0 Å². The molecule has 1 fully saturated rings. The second-order valence-corrected chi connectivity index (χ2v) is 5.61. The molecule has 0 aromatic heterocycles. The van der Waals surface area contributed by atoms with Crippen LogP contribution in [0, 0.1) is 5.92 Å². The molecule has 2 atom stereocenters. The van der Waals surface area contributed by atoms with Crippen molar-refractivity contribution in [2.75, 3.05) is 11.9 Å². The molecular weight excluding hydrogens is 264 g/mol. The lowest BCUT2D eigenvalue weighted by molar-refractivity contribution is 0.203. The number of urea groups is 1. The Balaban J connectivity index is 1.72. The van der Waals surface area contributed by atoms with Gasteiger partial charge in [-0.1, -0.05) is 42.8 Å². The van der Waals surface area contributed by atoms with Crippen LogP contribution >= 0.6 is 0 Å². The predicted octanol–water partition coefficient (Wildman–Crippen LogP) is 3.12. The van der Waals surface area contributed by atoms with E-state index in [1.54, 1.807) is 0 Å². The second-order valence-electron chi connectivity index (χ2n) is 5.61. The molecule has 0 heterocycles. The van der Waals surface area contributed by atoms with Gasteiger partial charge in [-0.15, -0.1) is 0 Å². The van der Waals surface area contributed by atoms with Gasteiger partial charge in [0.25, 0.3) is 0 Å². The summed E-state index contributed by atoms with van der Waals surface area (Å²) >= 11 is 0. The molecule has 21 heavy (non-hydrogen) atoms. The van der Waals surface area contributed by atoms with E-state index in [2.05, 4.69) is 10.6 Å². The number of carbonyl (C=O) groups is 1. The summed E-state index contributed by atoms with van der Waals surface area (Å²) in [7, 11) is 0. The Morgan fingerprint density at radius 2 is 1.95 bits per heavy atom. The normalized spacial score (nSPS) is 21.4. The van der Waals surface area contributed by atoms with Gasteiger partial charge >= 0.3 is 6.03 Å². The molecule has 2 amide bonds. The monoisotopic (exact) mass is 284 g/mol. The van der Waals surface area contributed by atoms with Crippen molar-refractivity contribution in [2.24, 2.45) is 5.92 Å². The zero-order valence-corrected chi connectivity index (χ0v) is 11.9. The van der Waals surface area contributed by atoms with Gasteiger partial charge in [0.05, 0.1) is 5.69 Å². The fourth-order valence-electron chi connectivity index (χ4n) is 3.11. The summed E-state index contributed by atoms with van der Waals surface area (Å²) < 4.78 is 0. The van der Waals surface area contributed by atoms with Crippen LogP contribution in [-0.2, 0) is 0 Å². The molecule has 1 saturated carbocycles. The number of hydrogen-bond acceptors (Lipinski definition) is 2. The Morgan fingerprint density at radius 1 is 1.14 bits per heavy atom. The lowest BCUT2D eigenvalue weighted by atomic mass is 10.1. The first kappa shape index (κ1) is 13.9. The summed E-state index contributed by atoms with van der Waals surface area (Å²) in [5.74, 6) is 0.184. The maximum Gasteiger partial charge on any atom is 0.319 e. The van der Waals surface area contributed by atoms with Crippen LogP contribution in [0.3, 0.4) is 0 Å². The van der Waals surface area contributed by atoms with Crippen molar-refractivity contribution in [1.82, 2.24) is 5.32 Å². The van der Waals surface area contributed by atoms with Gasteiger partial charge in [-0.25, -0.2) is 4.79 Å². The number of anilines is 1. The average molecular weight is 284 g/mol. The Kier molecular flexibility index (Phi) is 4.06. The SMILES string of the molecule is O=C(Nc1cccc2ccccc12)NC1CCCC1CO. The topological polar surface area (TPSA) is 61.4 Å². The van der Waals surface area contributed by atoms with Crippen LogP contribution in [0.5, 0.6) is 0 Å². The van der Waals surface area contributed by atoms with Gasteiger partial charge in [0, 0.05) is 24.0 Å².